The number of aryl methyl sites for hydroxylation is 1. The van der Waals surface area contributed by atoms with Crippen LogP contribution in [0.25, 0.3) is 0 Å². The maximum atomic E-state index is 14.6. The van der Waals surface area contributed by atoms with Gasteiger partial charge in [-0.25, -0.2) is 4.79 Å². The molecule has 1 aliphatic heterocycles. The number of carbonyl (C=O) groups is 3. The summed E-state index contributed by atoms with van der Waals surface area (Å²) >= 11 is 25.8. The molecule has 3 amide bonds. The van der Waals surface area contributed by atoms with Gasteiger partial charge in [-0.3, -0.25) is 14.5 Å². The minimum atomic E-state index is -1.21. The molecule has 1 atom stereocenters. The lowest BCUT2D eigenvalue weighted by Gasteiger charge is -2.47. The summed E-state index contributed by atoms with van der Waals surface area (Å²) in [6.07, 6.45) is -0.591. The number of hydrogen-bond acceptors (Lipinski definition) is 4. The van der Waals surface area contributed by atoms with Gasteiger partial charge in [0, 0.05) is 67.0 Å². The lowest BCUT2D eigenvalue weighted by molar-refractivity contribution is -0.140. The molecule has 1 N–H and O–H groups in total. The molecule has 12 heteroatoms. The zero-order valence-electron chi connectivity index (χ0n) is 27.3. The maximum absolute atomic E-state index is 14.6. The molecule has 1 heterocycles. The number of carboxylic acid groups (broad SMARTS) is 1. The number of amides is 3. The quantitative estimate of drug-likeness (QED) is 0.166. The molecule has 8 nitrogen and oxygen atoms in total. The van der Waals surface area contributed by atoms with Crippen molar-refractivity contribution in [3.05, 3.63) is 122 Å². The lowest BCUT2D eigenvalue weighted by atomic mass is 9.77. The zero-order valence-corrected chi connectivity index (χ0v) is 30.3. The van der Waals surface area contributed by atoms with Gasteiger partial charge in [-0.15, -0.1) is 0 Å². The van der Waals surface area contributed by atoms with Crippen LogP contribution in [-0.4, -0.2) is 55.1 Å². The third-order valence-corrected chi connectivity index (χ3v) is 10.0. The van der Waals surface area contributed by atoms with Crippen LogP contribution in [0.3, 0.4) is 0 Å². The Morgan fingerprint density at radius 3 is 2.18 bits per heavy atom. The number of hydrogen-bond donors (Lipinski definition) is 1. The van der Waals surface area contributed by atoms with Gasteiger partial charge in [-0.1, -0.05) is 88.4 Å². The second-order valence-electron chi connectivity index (χ2n) is 12.7. The summed E-state index contributed by atoms with van der Waals surface area (Å²) in [4.78, 5) is 47.9. The Kier molecular flexibility index (Phi) is 11.3. The minimum Gasteiger partial charge on any atom is -0.481 e. The van der Waals surface area contributed by atoms with Crippen LogP contribution in [0, 0.1) is 12.3 Å². The van der Waals surface area contributed by atoms with Crippen LogP contribution in [0.5, 0.6) is 0 Å². The van der Waals surface area contributed by atoms with Crippen LogP contribution in [0.15, 0.2) is 84.9 Å². The third-order valence-electron chi connectivity index (χ3n) is 8.61. The number of aliphatic carboxylic acids is 1. The molecule has 0 radical (unpaired) electrons. The average molecular weight is 743 g/mol. The molecule has 1 fully saturated rings. The van der Waals surface area contributed by atoms with Crippen molar-refractivity contribution in [1.82, 2.24) is 4.90 Å². The molecule has 4 aromatic rings. The first kappa shape index (κ1) is 36.3. The predicted molar refractivity (Wildman–Crippen MR) is 199 cm³/mol. The molecular formula is C37H36Cl4N4O4. The first-order valence-electron chi connectivity index (χ1n) is 15.5. The first-order chi connectivity index (χ1) is 23.2. The van der Waals surface area contributed by atoms with E-state index >= 15 is 0 Å². The van der Waals surface area contributed by atoms with E-state index in [-0.39, 0.29) is 61.0 Å². The number of urea groups is 1. The summed E-state index contributed by atoms with van der Waals surface area (Å²) in [6, 6.07) is 24.9. The highest BCUT2D eigenvalue weighted by Gasteiger charge is 2.47. The highest BCUT2D eigenvalue weighted by Crippen LogP contribution is 2.40. The summed E-state index contributed by atoms with van der Waals surface area (Å²) < 4.78 is 0. The smallest absolute Gasteiger partial charge is 0.324 e. The lowest BCUT2D eigenvalue weighted by Crippen LogP contribution is -2.60. The van der Waals surface area contributed by atoms with E-state index in [0.717, 1.165) is 16.8 Å². The molecule has 5 rings (SSSR count). The molecule has 256 valence electrons. The van der Waals surface area contributed by atoms with Crippen molar-refractivity contribution < 1.29 is 19.5 Å². The topological polar surface area (TPSA) is 84.4 Å². The van der Waals surface area contributed by atoms with E-state index in [0.29, 0.717) is 27.0 Å². The molecule has 49 heavy (non-hydrogen) atoms. The van der Waals surface area contributed by atoms with Gasteiger partial charge in [0.15, 0.2) is 0 Å². The van der Waals surface area contributed by atoms with Crippen molar-refractivity contribution in [2.75, 3.05) is 41.9 Å². The largest absolute Gasteiger partial charge is 0.481 e. The summed E-state index contributed by atoms with van der Waals surface area (Å²) in [5, 5.41) is 11.6. The van der Waals surface area contributed by atoms with Gasteiger partial charge in [0.2, 0.25) is 5.91 Å². The molecule has 1 aliphatic rings. The highest BCUT2D eigenvalue weighted by atomic mass is 35.5. The predicted octanol–water partition coefficient (Wildman–Crippen LogP) is 9.20. The fraction of sp³-hybridized carbons (Fsp3) is 0.270. The van der Waals surface area contributed by atoms with E-state index in [1.807, 2.05) is 74.4 Å². The summed E-state index contributed by atoms with van der Waals surface area (Å²) in [6.45, 7) is 2.15. The van der Waals surface area contributed by atoms with E-state index in [1.54, 1.807) is 46.2 Å². The number of benzene rings is 4. The van der Waals surface area contributed by atoms with Gasteiger partial charge < -0.3 is 19.8 Å². The van der Waals surface area contributed by atoms with Crippen LogP contribution < -0.4 is 14.7 Å². The average Bonchev–Trinajstić information content (AvgIpc) is 3.04. The van der Waals surface area contributed by atoms with Crippen molar-refractivity contribution in [1.29, 1.82) is 0 Å². The van der Waals surface area contributed by atoms with Gasteiger partial charge >= 0.3 is 12.0 Å². The Morgan fingerprint density at radius 2 is 1.55 bits per heavy atom. The van der Waals surface area contributed by atoms with Crippen molar-refractivity contribution in [2.24, 2.45) is 5.41 Å². The summed E-state index contributed by atoms with van der Waals surface area (Å²) in [5.41, 5.74) is 3.23. The van der Waals surface area contributed by atoms with Crippen molar-refractivity contribution >= 4 is 81.4 Å². The van der Waals surface area contributed by atoms with Gasteiger partial charge in [-0.05, 0) is 66.6 Å². The second-order valence-corrected chi connectivity index (χ2v) is 14.3. The summed E-state index contributed by atoms with van der Waals surface area (Å²) in [5.74, 6) is -1.47. The Labute approximate surface area is 306 Å². The fourth-order valence-corrected chi connectivity index (χ4v) is 6.98. The number of halogens is 4. The first-order valence-corrected chi connectivity index (χ1v) is 17.1. The van der Waals surface area contributed by atoms with E-state index in [2.05, 4.69) is 0 Å². The van der Waals surface area contributed by atoms with Gasteiger partial charge in [-0.2, -0.15) is 0 Å². The van der Waals surface area contributed by atoms with E-state index in [9.17, 15) is 19.5 Å². The van der Waals surface area contributed by atoms with Crippen molar-refractivity contribution in [3.63, 3.8) is 0 Å². The van der Waals surface area contributed by atoms with Crippen LogP contribution in [-0.2, 0) is 22.7 Å². The zero-order chi connectivity index (χ0) is 35.5. The second kappa shape index (κ2) is 15.3. The van der Waals surface area contributed by atoms with E-state index in [4.69, 9.17) is 46.4 Å². The minimum absolute atomic E-state index is 0.00751. The molecule has 1 unspecified atom stereocenters. The molecule has 0 aliphatic carbocycles. The van der Waals surface area contributed by atoms with Gasteiger partial charge in [0.1, 0.15) is 0 Å². The SMILES string of the molecule is Cc1ccc(N2CC(CC(=O)O)(CC(=O)N(Cc3ccc(N(C)C)cc3)c3cccc(Cl)c3Cl)CN(Cc3ccc(Cl)cc3Cl)C2=O)cc1. The number of carboxylic acids is 1. The number of anilines is 3. The van der Waals surface area contributed by atoms with E-state index in [1.165, 1.54) is 4.90 Å². The Morgan fingerprint density at radius 1 is 0.857 bits per heavy atom. The Balaban J connectivity index is 1.57. The van der Waals surface area contributed by atoms with Gasteiger partial charge in [0.05, 0.1) is 28.7 Å². The Bertz CT molecular complexity index is 1850. The number of nitrogens with zero attached hydrogens (tertiary/aromatic N) is 4. The monoisotopic (exact) mass is 740 g/mol. The molecule has 0 spiro atoms. The van der Waals surface area contributed by atoms with Crippen LogP contribution in [0.2, 0.25) is 20.1 Å². The summed E-state index contributed by atoms with van der Waals surface area (Å²) in [7, 11) is 3.88. The van der Waals surface area contributed by atoms with Crippen molar-refractivity contribution in [2.45, 2.75) is 32.9 Å². The molecule has 0 bridgehead atoms. The molecule has 1 saturated heterocycles. The molecular weight excluding hydrogens is 706 g/mol. The van der Waals surface area contributed by atoms with Gasteiger partial charge in [0.25, 0.3) is 0 Å². The molecule has 4 aromatic carbocycles. The third kappa shape index (κ3) is 8.62. The van der Waals surface area contributed by atoms with Crippen molar-refractivity contribution in [3.8, 4) is 0 Å². The van der Waals surface area contributed by atoms with E-state index < -0.39 is 11.4 Å². The van der Waals surface area contributed by atoms with Crippen LogP contribution >= 0.6 is 46.4 Å². The Hall–Kier alpha value is -3.95. The fourth-order valence-electron chi connectivity index (χ4n) is 6.12. The number of rotatable bonds is 11. The normalized spacial score (nSPS) is 16.1. The van der Waals surface area contributed by atoms with Crippen LogP contribution in [0.1, 0.15) is 29.5 Å². The molecule has 0 aromatic heterocycles. The number of carbonyl (C=O) groups excluding carboxylic acids is 2. The highest BCUT2D eigenvalue weighted by molar-refractivity contribution is 6.44. The van der Waals surface area contributed by atoms with Crippen LogP contribution in [0.4, 0.5) is 21.9 Å². The molecule has 0 saturated carbocycles. The standard InChI is InChI=1S/C37H36Cl4N4O4/c1-24-7-13-29(14-8-24)45-23-37(19-34(47)48,22-43(36(45)49)21-26-11-12-27(38)17-31(26)40)18-33(46)44(32-6-4-5-30(39)35(32)41)20-25-9-15-28(16-10-25)42(2)3/h4-17H,18-23H2,1-3H3,(H,47,48). The maximum Gasteiger partial charge on any atom is 0.324 e.